The lowest BCUT2D eigenvalue weighted by Crippen LogP contribution is -2.46. The fourth-order valence-corrected chi connectivity index (χ4v) is 5.80. The van der Waals surface area contributed by atoms with Crippen molar-refractivity contribution in [2.75, 3.05) is 26.8 Å². The minimum absolute atomic E-state index is 0.190. The van der Waals surface area contributed by atoms with Gasteiger partial charge in [0.25, 0.3) is 0 Å². The summed E-state index contributed by atoms with van der Waals surface area (Å²) >= 11 is 0. The maximum atomic E-state index is 15.4. The summed E-state index contributed by atoms with van der Waals surface area (Å²) in [4.78, 5) is 0. The second kappa shape index (κ2) is 11.4. The molecule has 0 spiro atoms. The Morgan fingerprint density at radius 2 is 1.75 bits per heavy atom. The molecule has 3 aromatic rings. The smallest absolute Gasteiger partial charge is 0.128 e. The molecule has 190 valence electrons. The Kier molecular flexibility index (Phi) is 7.88. The van der Waals surface area contributed by atoms with E-state index in [0.717, 1.165) is 55.0 Å². The van der Waals surface area contributed by atoms with Crippen LogP contribution in [-0.4, -0.2) is 32.8 Å². The standard InChI is InChI=1S/C31H37FN2O2/c1-35-27-15-16-28-24(21-27)7-6-19-34-31(28,29-9-2-3-10-30(29)32)22-23-11-13-26(14-12-23)36-20-17-25-8-4-5-18-33-25/h2-3,9-16,21,25,33-34H,4-8,17-20,22H2,1H3. The lowest BCUT2D eigenvalue weighted by molar-refractivity contribution is 0.268. The Bertz CT molecular complexity index is 1140. The van der Waals surface area contributed by atoms with Crippen LogP contribution < -0.4 is 20.1 Å². The van der Waals surface area contributed by atoms with E-state index in [1.807, 2.05) is 30.3 Å². The van der Waals surface area contributed by atoms with Crippen molar-refractivity contribution in [3.8, 4) is 11.5 Å². The molecule has 2 N–H and O–H groups in total. The fraction of sp³-hybridized carbons (Fsp3) is 0.419. The maximum absolute atomic E-state index is 15.4. The molecule has 0 radical (unpaired) electrons. The van der Waals surface area contributed by atoms with Crippen LogP contribution in [0.2, 0.25) is 0 Å². The van der Waals surface area contributed by atoms with E-state index in [1.54, 1.807) is 19.2 Å². The molecule has 0 aliphatic carbocycles. The predicted octanol–water partition coefficient (Wildman–Crippen LogP) is 5.77. The van der Waals surface area contributed by atoms with E-state index in [-0.39, 0.29) is 5.82 Å². The minimum Gasteiger partial charge on any atom is -0.497 e. The monoisotopic (exact) mass is 488 g/mol. The normalized spacial score (nSPS) is 21.9. The lowest BCUT2D eigenvalue weighted by atomic mass is 9.76. The number of halogens is 1. The Morgan fingerprint density at radius 3 is 2.53 bits per heavy atom. The van der Waals surface area contributed by atoms with E-state index < -0.39 is 5.54 Å². The number of methoxy groups -OCH3 is 1. The molecule has 3 aromatic carbocycles. The van der Waals surface area contributed by atoms with Gasteiger partial charge in [-0.25, -0.2) is 4.39 Å². The second-order valence-electron chi connectivity index (χ2n) is 10.0. The van der Waals surface area contributed by atoms with E-state index in [9.17, 15) is 0 Å². The van der Waals surface area contributed by atoms with Crippen LogP contribution in [0.5, 0.6) is 11.5 Å². The van der Waals surface area contributed by atoms with Gasteiger partial charge < -0.3 is 20.1 Å². The van der Waals surface area contributed by atoms with Crippen LogP contribution in [0.4, 0.5) is 4.39 Å². The van der Waals surface area contributed by atoms with E-state index in [0.29, 0.717) is 24.6 Å². The molecule has 2 aliphatic heterocycles. The average molecular weight is 489 g/mol. The van der Waals surface area contributed by atoms with Crippen molar-refractivity contribution in [3.63, 3.8) is 0 Å². The molecule has 1 saturated heterocycles. The van der Waals surface area contributed by atoms with Gasteiger partial charge in [0, 0.05) is 11.6 Å². The quantitative estimate of drug-likeness (QED) is 0.423. The first-order chi connectivity index (χ1) is 17.7. The van der Waals surface area contributed by atoms with Gasteiger partial charge in [-0.05, 0) is 98.6 Å². The zero-order valence-corrected chi connectivity index (χ0v) is 21.2. The second-order valence-corrected chi connectivity index (χ2v) is 10.0. The van der Waals surface area contributed by atoms with Gasteiger partial charge in [0.1, 0.15) is 17.3 Å². The first-order valence-electron chi connectivity index (χ1n) is 13.3. The summed E-state index contributed by atoms with van der Waals surface area (Å²) in [6, 6.07) is 22.3. The third-order valence-corrected chi connectivity index (χ3v) is 7.70. The highest BCUT2D eigenvalue weighted by molar-refractivity contribution is 5.49. The number of nitrogens with one attached hydrogen (secondary N) is 2. The Hall–Kier alpha value is -2.89. The SMILES string of the molecule is COc1ccc2c(c1)CCCNC2(Cc1ccc(OCCC2CCCCN2)cc1)c1ccccc1F. The molecule has 5 rings (SSSR count). The Balaban J connectivity index is 1.41. The molecule has 0 aromatic heterocycles. The Morgan fingerprint density at radius 1 is 0.917 bits per heavy atom. The highest BCUT2D eigenvalue weighted by Gasteiger charge is 2.39. The maximum Gasteiger partial charge on any atom is 0.128 e. The summed E-state index contributed by atoms with van der Waals surface area (Å²) < 4.78 is 26.9. The molecular formula is C31H37FN2O2. The van der Waals surface area contributed by atoms with Crippen LogP contribution in [0, 0.1) is 5.82 Å². The molecule has 5 heteroatoms. The molecule has 2 unspecified atom stereocenters. The van der Waals surface area contributed by atoms with Gasteiger partial charge in [0.15, 0.2) is 0 Å². The Labute approximate surface area is 214 Å². The topological polar surface area (TPSA) is 42.5 Å². The van der Waals surface area contributed by atoms with E-state index in [1.165, 1.54) is 24.8 Å². The zero-order valence-electron chi connectivity index (χ0n) is 21.2. The summed E-state index contributed by atoms with van der Waals surface area (Å²) in [5.74, 6) is 1.53. The average Bonchev–Trinajstić information content (AvgIpc) is 3.10. The van der Waals surface area contributed by atoms with E-state index in [4.69, 9.17) is 9.47 Å². The summed E-state index contributed by atoms with van der Waals surface area (Å²) in [6.45, 7) is 2.64. The van der Waals surface area contributed by atoms with Crippen LogP contribution in [0.1, 0.15) is 54.4 Å². The number of piperidine rings is 1. The van der Waals surface area contributed by atoms with E-state index in [2.05, 4.69) is 34.9 Å². The third kappa shape index (κ3) is 5.42. The largest absolute Gasteiger partial charge is 0.497 e. The van der Waals surface area contributed by atoms with Gasteiger partial charge in [-0.2, -0.15) is 0 Å². The first-order valence-corrected chi connectivity index (χ1v) is 13.3. The summed E-state index contributed by atoms with van der Waals surface area (Å²) in [5, 5.41) is 7.34. The summed E-state index contributed by atoms with van der Waals surface area (Å²) in [5.41, 5.74) is 3.47. The molecule has 0 amide bonds. The molecule has 2 aliphatic rings. The molecule has 0 saturated carbocycles. The van der Waals surface area contributed by atoms with Crippen LogP contribution in [0.15, 0.2) is 66.7 Å². The molecule has 0 bridgehead atoms. The van der Waals surface area contributed by atoms with Crippen molar-refractivity contribution in [2.24, 2.45) is 0 Å². The van der Waals surface area contributed by atoms with Crippen molar-refractivity contribution in [1.29, 1.82) is 0 Å². The van der Waals surface area contributed by atoms with Crippen molar-refractivity contribution in [2.45, 2.75) is 56.5 Å². The summed E-state index contributed by atoms with van der Waals surface area (Å²) in [6.07, 6.45) is 7.40. The number of fused-ring (bicyclic) bond motifs is 1. The van der Waals surface area contributed by atoms with Crippen LogP contribution in [-0.2, 0) is 18.4 Å². The van der Waals surface area contributed by atoms with Crippen molar-refractivity contribution in [3.05, 3.63) is 94.8 Å². The highest BCUT2D eigenvalue weighted by atomic mass is 19.1. The van der Waals surface area contributed by atoms with Crippen molar-refractivity contribution in [1.82, 2.24) is 10.6 Å². The van der Waals surface area contributed by atoms with Gasteiger partial charge >= 0.3 is 0 Å². The summed E-state index contributed by atoms with van der Waals surface area (Å²) in [7, 11) is 1.69. The van der Waals surface area contributed by atoms with Gasteiger partial charge in [0.2, 0.25) is 0 Å². The lowest BCUT2D eigenvalue weighted by Gasteiger charge is -2.37. The molecule has 4 nitrogen and oxygen atoms in total. The molecule has 2 atom stereocenters. The van der Waals surface area contributed by atoms with Gasteiger partial charge in [-0.1, -0.05) is 42.8 Å². The van der Waals surface area contributed by atoms with Crippen molar-refractivity contribution < 1.29 is 13.9 Å². The predicted molar refractivity (Wildman–Crippen MR) is 142 cm³/mol. The van der Waals surface area contributed by atoms with Gasteiger partial charge in [-0.3, -0.25) is 0 Å². The zero-order chi connectivity index (χ0) is 24.8. The number of ether oxygens (including phenoxy) is 2. The fourth-order valence-electron chi connectivity index (χ4n) is 5.80. The number of hydrogen-bond donors (Lipinski definition) is 2. The number of hydrogen-bond acceptors (Lipinski definition) is 4. The van der Waals surface area contributed by atoms with Gasteiger partial charge in [0.05, 0.1) is 19.3 Å². The van der Waals surface area contributed by atoms with Crippen molar-refractivity contribution >= 4 is 0 Å². The number of rotatable bonds is 8. The number of benzene rings is 3. The van der Waals surface area contributed by atoms with Gasteiger partial charge in [-0.15, -0.1) is 0 Å². The highest BCUT2D eigenvalue weighted by Crippen LogP contribution is 2.40. The van der Waals surface area contributed by atoms with Crippen LogP contribution in [0.3, 0.4) is 0 Å². The number of aryl methyl sites for hydroxylation is 1. The third-order valence-electron chi connectivity index (χ3n) is 7.70. The molecular weight excluding hydrogens is 451 g/mol. The van der Waals surface area contributed by atoms with Crippen LogP contribution in [0.25, 0.3) is 0 Å². The minimum atomic E-state index is -0.668. The molecule has 36 heavy (non-hydrogen) atoms. The molecule has 2 heterocycles. The molecule has 1 fully saturated rings. The van der Waals surface area contributed by atoms with E-state index >= 15 is 4.39 Å². The first kappa shape index (κ1) is 24.8. The van der Waals surface area contributed by atoms with Crippen LogP contribution >= 0.6 is 0 Å².